The average molecular weight is 443 g/mol. The number of hydrogen-bond donors (Lipinski definition) is 1. The summed E-state index contributed by atoms with van der Waals surface area (Å²) in [5, 5.41) is 3.91. The summed E-state index contributed by atoms with van der Waals surface area (Å²) in [7, 11) is 0. The van der Waals surface area contributed by atoms with Gasteiger partial charge in [0.2, 0.25) is 5.91 Å². The van der Waals surface area contributed by atoms with Gasteiger partial charge in [-0.1, -0.05) is 30.3 Å². The van der Waals surface area contributed by atoms with Crippen molar-refractivity contribution in [3.8, 4) is 0 Å². The Kier molecular flexibility index (Phi) is 6.21. The van der Waals surface area contributed by atoms with Crippen LogP contribution >= 0.6 is 0 Å². The van der Waals surface area contributed by atoms with Crippen LogP contribution in [0.1, 0.15) is 35.2 Å². The first-order chi connectivity index (χ1) is 15.3. The first kappa shape index (κ1) is 21.9. The summed E-state index contributed by atoms with van der Waals surface area (Å²) in [5.74, 6) is -1.13. The zero-order valence-electron chi connectivity index (χ0n) is 17.4. The number of nitrogens with zero attached hydrogens (tertiary/aromatic N) is 2. The number of fused-ring (bicyclic) bond motifs is 1. The number of rotatable bonds is 5. The summed E-state index contributed by atoms with van der Waals surface area (Å²) in [5.41, 5.74) is 2.75. The van der Waals surface area contributed by atoms with Crippen molar-refractivity contribution in [3.63, 3.8) is 0 Å². The quantitative estimate of drug-likeness (QED) is 0.637. The third kappa shape index (κ3) is 5.30. The van der Waals surface area contributed by atoms with Gasteiger partial charge in [0.25, 0.3) is 5.91 Å². The number of benzene rings is 2. The second-order valence-electron chi connectivity index (χ2n) is 8.12. The van der Waals surface area contributed by atoms with Crippen LogP contribution in [0.3, 0.4) is 0 Å². The van der Waals surface area contributed by atoms with Gasteiger partial charge < -0.3 is 14.8 Å². The molecule has 1 aliphatic heterocycles. The number of aromatic nitrogens is 1. The Morgan fingerprint density at radius 1 is 1.00 bits per heavy atom. The molecular formula is C24H24F3N3O2. The minimum Gasteiger partial charge on any atom is -0.349 e. The fourth-order valence-electron chi connectivity index (χ4n) is 4.08. The number of halogens is 3. The molecule has 1 fully saturated rings. The Labute approximate surface area is 183 Å². The summed E-state index contributed by atoms with van der Waals surface area (Å²) in [6.07, 6.45) is -3.07. The highest BCUT2D eigenvalue weighted by atomic mass is 19.4. The summed E-state index contributed by atoms with van der Waals surface area (Å²) in [4.78, 5) is 25.7. The van der Waals surface area contributed by atoms with E-state index in [1.807, 2.05) is 42.6 Å². The van der Waals surface area contributed by atoms with Crippen molar-refractivity contribution in [3.05, 3.63) is 71.9 Å². The van der Waals surface area contributed by atoms with Gasteiger partial charge in [-0.2, -0.15) is 13.2 Å². The molecule has 0 saturated carbocycles. The summed E-state index contributed by atoms with van der Waals surface area (Å²) < 4.78 is 39.4. The van der Waals surface area contributed by atoms with Crippen LogP contribution in [0.15, 0.2) is 60.8 Å². The maximum Gasteiger partial charge on any atom is 0.397 e. The molecule has 2 heterocycles. The molecule has 1 saturated heterocycles. The lowest BCUT2D eigenvalue weighted by Crippen LogP contribution is -2.47. The van der Waals surface area contributed by atoms with Crippen molar-refractivity contribution in [1.82, 2.24) is 14.8 Å². The molecule has 1 N–H and O–H groups in total. The average Bonchev–Trinajstić information content (AvgIpc) is 3.15. The van der Waals surface area contributed by atoms with Crippen LogP contribution in [0.2, 0.25) is 0 Å². The highest BCUT2D eigenvalue weighted by molar-refractivity contribution is 5.98. The minimum atomic E-state index is -4.50. The summed E-state index contributed by atoms with van der Waals surface area (Å²) in [6, 6.07) is 17.5. The van der Waals surface area contributed by atoms with E-state index in [9.17, 15) is 22.8 Å². The number of carbonyl (C=O) groups is 2. The molecule has 2 amide bonds. The monoisotopic (exact) mass is 443 g/mol. The molecule has 1 aromatic heterocycles. The molecule has 0 radical (unpaired) electrons. The van der Waals surface area contributed by atoms with Crippen molar-refractivity contribution in [1.29, 1.82) is 0 Å². The summed E-state index contributed by atoms with van der Waals surface area (Å²) >= 11 is 0. The Bertz CT molecular complexity index is 1100. The highest BCUT2D eigenvalue weighted by Gasteiger charge is 2.34. The van der Waals surface area contributed by atoms with E-state index < -0.39 is 18.5 Å². The lowest BCUT2D eigenvalue weighted by molar-refractivity contribution is -0.162. The number of hydrogen-bond acceptors (Lipinski definition) is 2. The van der Waals surface area contributed by atoms with E-state index in [2.05, 4.69) is 22.0 Å². The molecule has 5 nitrogen and oxygen atoms in total. The van der Waals surface area contributed by atoms with Gasteiger partial charge in [-0.15, -0.1) is 0 Å². The molecule has 0 unspecified atom stereocenters. The van der Waals surface area contributed by atoms with E-state index >= 15 is 0 Å². The predicted molar refractivity (Wildman–Crippen MR) is 115 cm³/mol. The Hall–Kier alpha value is -3.29. The fourth-order valence-corrected chi connectivity index (χ4v) is 4.08. The zero-order chi connectivity index (χ0) is 22.7. The molecular weight excluding hydrogens is 419 g/mol. The van der Waals surface area contributed by atoms with Gasteiger partial charge in [0.1, 0.15) is 6.42 Å². The van der Waals surface area contributed by atoms with Gasteiger partial charge in [-0.3, -0.25) is 9.59 Å². The van der Waals surface area contributed by atoms with Crippen LogP contribution in [0.5, 0.6) is 0 Å². The maximum atomic E-state index is 12.7. The second-order valence-corrected chi connectivity index (χ2v) is 8.12. The molecule has 0 atom stereocenters. The number of likely N-dealkylation sites (tertiary alicyclic amines) is 1. The number of carbonyl (C=O) groups excluding carboxylic acids is 2. The van der Waals surface area contributed by atoms with Gasteiger partial charge in [0, 0.05) is 48.3 Å². The third-order valence-corrected chi connectivity index (χ3v) is 5.76. The van der Waals surface area contributed by atoms with Crippen LogP contribution in [0.25, 0.3) is 10.9 Å². The third-order valence-electron chi connectivity index (χ3n) is 5.76. The van der Waals surface area contributed by atoms with E-state index in [0.717, 1.165) is 17.4 Å². The Morgan fingerprint density at radius 2 is 1.72 bits per heavy atom. The van der Waals surface area contributed by atoms with Crippen LogP contribution in [0, 0.1) is 0 Å². The lowest BCUT2D eigenvalue weighted by atomic mass is 10.0. The normalized spacial score (nSPS) is 15.2. The SMILES string of the molecule is O=C(NC1CCN(C(=O)CC(F)(F)F)CC1)c1ccc2c(ccn2Cc2ccccc2)c1. The zero-order valence-corrected chi connectivity index (χ0v) is 17.4. The van der Waals surface area contributed by atoms with E-state index in [0.29, 0.717) is 18.4 Å². The van der Waals surface area contributed by atoms with Crippen molar-refractivity contribution in [2.75, 3.05) is 13.1 Å². The van der Waals surface area contributed by atoms with Gasteiger partial charge in [-0.05, 0) is 42.7 Å². The molecule has 3 aromatic rings. The number of amides is 2. The molecule has 0 bridgehead atoms. The fraction of sp³-hybridized carbons (Fsp3) is 0.333. The van der Waals surface area contributed by atoms with E-state index in [1.165, 1.54) is 10.5 Å². The van der Waals surface area contributed by atoms with Crippen LogP contribution < -0.4 is 5.32 Å². The van der Waals surface area contributed by atoms with Crippen molar-refractivity contribution < 1.29 is 22.8 Å². The summed E-state index contributed by atoms with van der Waals surface area (Å²) in [6.45, 7) is 1.16. The van der Waals surface area contributed by atoms with Crippen molar-refractivity contribution >= 4 is 22.7 Å². The topological polar surface area (TPSA) is 54.3 Å². The van der Waals surface area contributed by atoms with Gasteiger partial charge in [0.15, 0.2) is 0 Å². The van der Waals surface area contributed by atoms with Crippen LogP contribution in [-0.4, -0.2) is 46.6 Å². The smallest absolute Gasteiger partial charge is 0.349 e. The number of alkyl halides is 3. The molecule has 2 aromatic carbocycles. The van der Waals surface area contributed by atoms with Crippen molar-refractivity contribution in [2.45, 2.75) is 38.0 Å². The minimum absolute atomic E-state index is 0.171. The second kappa shape index (κ2) is 9.06. The molecule has 4 rings (SSSR count). The first-order valence-electron chi connectivity index (χ1n) is 10.6. The van der Waals surface area contributed by atoms with E-state index in [-0.39, 0.29) is 25.0 Å². The van der Waals surface area contributed by atoms with Gasteiger partial charge in [0.05, 0.1) is 0 Å². The highest BCUT2D eigenvalue weighted by Crippen LogP contribution is 2.23. The largest absolute Gasteiger partial charge is 0.397 e. The predicted octanol–water partition coefficient (Wildman–Crippen LogP) is 4.36. The number of nitrogens with one attached hydrogen (secondary N) is 1. The Morgan fingerprint density at radius 3 is 2.41 bits per heavy atom. The molecule has 8 heteroatoms. The van der Waals surface area contributed by atoms with E-state index in [1.54, 1.807) is 6.07 Å². The molecule has 0 spiro atoms. The number of piperidine rings is 1. The van der Waals surface area contributed by atoms with Gasteiger partial charge >= 0.3 is 6.18 Å². The van der Waals surface area contributed by atoms with Gasteiger partial charge in [-0.25, -0.2) is 0 Å². The maximum absolute atomic E-state index is 12.7. The lowest BCUT2D eigenvalue weighted by Gasteiger charge is -2.32. The van der Waals surface area contributed by atoms with Crippen LogP contribution in [0.4, 0.5) is 13.2 Å². The first-order valence-corrected chi connectivity index (χ1v) is 10.6. The molecule has 32 heavy (non-hydrogen) atoms. The Balaban J connectivity index is 1.35. The molecule has 1 aliphatic rings. The van der Waals surface area contributed by atoms with E-state index in [4.69, 9.17) is 0 Å². The standard InChI is InChI=1S/C24H24F3N3O2/c25-24(26,27)15-22(31)29-12-9-20(10-13-29)28-23(32)19-6-7-21-18(14-19)8-11-30(21)16-17-4-2-1-3-5-17/h1-8,11,14,20H,9-10,12-13,15-16H2,(H,28,32). The molecule has 168 valence electrons. The van der Waals surface area contributed by atoms with Crippen molar-refractivity contribution in [2.24, 2.45) is 0 Å². The molecule has 0 aliphatic carbocycles. The van der Waals surface area contributed by atoms with Crippen LogP contribution in [-0.2, 0) is 11.3 Å².